The first-order valence-corrected chi connectivity index (χ1v) is 16.9. The second kappa shape index (κ2) is 12.4. The molecule has 0 atom stereocenters. The molecule has 50 heavy (non-hydrogen) atoms. The molecule has 2 aliphatic heterocycles. The van der Waals surface area contributed by atoms with E-state index in [-0.39, 0.29) is 134 Å². The topological polar surface area (TPSA) is 220 Å². The van der Waals surface area contributed by atoms with Crippen molar-refractivity contribution in [2.45, 2.75) is 9.79 Å². The van der Waals surface area contributed by atoms with Gasteiger partial charge in [0, 0.05) is 44.8 Å². The molecule has 0 spiro atoms. The number of aromatic nitrogens is 8. The number of rotatable bonds is 2. The van der Waals surface area contributed by atoms with E-state index in [1.54, 1.807) is 60.7 Å². The van der Waals surface area contributed by atoms with E-state index in [2.05, 4.69) is 39.9 Å². The van der Waals surface area contributed by atoms with Crippen molar-refractivity contribution < 1.29 is 43.0 Å². The quantitative estimate of drug-likeness (QED) is 0.179. The van der Waals surface area contributed by atoms with Crippen LogP contribution in [0.3, 0.4) is 0 Å². The van der Waals surface area contributed by atoms with Crippen molar-refractivity contribution in [3.63, 3.8) is 0 Å². The van der Waals surface area contributed by atoms with Crippen LogP contribution in [0.5, 0.6) is 0 Å². The van der Waals surface area contributed by atoms with Gasteiger partial charge in [0.25, 0.3) is 0 Å². The number of nitrogens with zero attached hydrogens (tertiary/aromatic N) is 8. The summed E-state index contributed by atoms with van der Waals surface area (Å²) in [4.78, 5) is 36.0. The minimum Gasteiger partial charge on any atom is -0.744 e. The van der Waals surface area contributed by atoms with Gasteiger partial charge < -0.3 is 39.0 Å². The summed E-state index contributed by atoms with van der Waals surface area (Å²) in [5.41, 5.74) is 0.941. The monoisotopic (exact) mass is 871 g/mol. The molecule has 0 unspecified atom stereocenters. The van der Waals surface area contributed by atoms with Crippen molar-refractivity contribution in [2.75, 3.05) is 0 Å². The summed E-state index contributed by atoms with van der Waals surface area (Å²) in [6, 6.07) is 22.3. The molecular weight excluding hydrogens is 857 g/mol. The van der Waals surface area contributed by atoms with Gasteiger partial charge in [-0.25, -0.2) is 26.8 Å². The Morgan fingerprint density at radius 1 is 0.440 bits per heavy atom. The minimum atomic E-state index is -4.97. The molecule has 4 aromatic carbocycles. The predicted octanol–water partition coefficient (Wildman–Crippen LogP) is 3.55. The third-order valence-corrected chi connectivity index (χ3v) is 9.79. The molecule has 2 aliphatic rings. The van der Waals surface area contributed by atoms with Gasteiger partial charge in [-0.3, -0.25) is 0 Å². The third-order valence-electron chi connectivity index (χ3n) is 8.03. The van der Waals surface area contributed by atoms with E-state index >= 15 is 0 Å². The summed E-state index contributed by atoms with van der Waals surface area (Å²) in [5, 5.41) is 2.12. The van der Waals surface area contributed by atoms with Gasteiger partial charge in [-0.1, -0.05) is 72.8 Å². The van der Waals surface area contributed by atoms with Crippen molar-refractivity contribution in [3.05, 3.63) is 84.9 Å². The first-order chi connectivity index (χ1) is 23.0. The molecule has 0 saturated carbocycles. The zero-order valence-corrected chi connectivity index (χ0v) is 32.0. The summed E-state index contributed by atoms with van der Waals surface area (Å²) in [5.74, 6) is -0.136. The van der Waals surface area contributed by atoms with Gasteiger partial charge in [-0.05, 0) is 33.7 Å². The van der Waals surface area contributed by atoms with Crippen molar-refractivity contribution in [2.24, 2.45) is 0 Å². The van der Waals surface area contributed by atoms with Crippen molar-refractivity contribution in [3.8, 4) is 45.6 Å². The fraction of sp³-hybridized carbons (Fsp3) is 0. The van der Waals surface area contributed by atoms with E-state index in [1.165, 1.54) is 24.3 Å². The summed E-state index contributed by atoms with van der Waals surface area (Å²) in [7, 11) is -9.94. The molecule has 0 saturated heterocycles. The van der Waals surface area contributed by atoms with Crippen LogP contribution in [0, 0.1) is 0 Å². The second-order valence-corrected chi connectivity index (χ2v) is 13.5. The van der Waals surface area contributed by atoms with Crippen LogP contribution in [-0.2, 0) is 37.3 Å². The molecular formula is C32H14BaCuN8O6S2. The van der Waals surface area contributed by atoms with E-state index in [0.717, 1.165) is 0 Å². The summed E-state index contributed by atoms with van der Waals surface area (Å²) < 4.78 is 74.5. The largest absolute Gasteiger partial charge is 2.00 e. The Balaban J connectivity index is 0.00000196. The SMILES string of the molecule is O=S(=O)([O-])c1cccc2c1-c1nc-2nc2[n-]c(nc3nc(nc4[n-]c(n1)c1ccccc41)-c1cccc(S(=O)(=O)[O-])c1-3)c1ccccc21.[Ba+2].[Cu+2]. The van der Waals surface area contributed by atoms with E-state index in [0.29, 0.717) is 21.5 Å². The third kappa shape index (κ3) is 5.51. The summed E-state index contributed by atoms with van der Waals surface area (Å²) in [6.45, 7) is 0. The first-order valence-electron chi connectivity index (χ1n) is 14.1. The van der Waals surface area contributed by atoms with E-state index in [4.69, 9.17) is 0 Å². The molecule has 0 N–H and O–H groups in total. The molecule has 0 fully saturated rings. The van der Waals surface area contributed by atoms with Crippen LogP contribution in [0.4, 0.5) is 0 Å². The number of hydrogen-bond donors (Lipinski definition) is 0. The Kier molecular flexibility index (Phi) is 8.60. The van der Waals surface area contributed by atoms with Crippen molar-refractivity contribution >= 4 is 113 Å². The Morgan fingerprint density at radius 2 is 0.760 bits per heavy atom. The average Bonchev–Trinajstić information content (AvgIpc) is 3.79. The summed E-state index contributed by atoms with van der Waals surface area (Å²) in [6.07, 6.45) is 0. The Bertz CT molecular complexity index is 2790. The molecule has 0 aliphatic carbocycles. The molecule has 7 aromatic rings. The molecule has 243 valence electrons. The van der Waals surface area contributed by atoms with Crippen LogP contribution in [0.25, 0.3) is 89.7 Å². The normalized spacial score (nSPS) is 12.2. The smallest absolute Gasteiger partial charge is 0.744 e. The molecule has 0 amide bonds. The van der Waals surface area contributed by atoms with Gasteiger partial charge >= 0.3 is 65.9 Å². The molecule has 5 heterocycles. The van der Waals surface area contributed by atoms with E-state index in [9.17, 15) is 25.9 Å². The van der Waals surface area contributed by atoms with Crippen LogP contribution < -0.4 is 9.97 Å². The zero-order chi connectivity index (χ0) is 32.9. The van der Waals surface area contributed by atoms with Crippen LogP contribution in [0.15, 0.2) is 94.7 Å². The Hall–Kier alpha value is -3.85. The van der Waals surface area contributed by atoms with Crippen LogP contribution in [-0.4, -0.2) is 105 Å². The molecule has 14 nitrogen and oxygen atoms in total. The second-order valence-electron chi connectivity index (χ2n) is 10.8. The average molecular weight is 872 g/mol. The van der Waals surface area contributed by atoms with Gasteiger partial charge in [-0.15, -0.1) is 0 Å². The minimum absolute atomic E-state index is 0. The first kappa shape index (κ1) is 34.6. The maximum Gasteiger partial charge on any atom is 2.00 e. The zero-order valence-electron chi connectivity index (χ0n) is 24.9. The van der Waals surface area contributed by atoms with Gasteiger partial charge in [0.1, 0.15) is 20.2 Å². The number of fused-ring (bicyclic) bond motifs is 20. The maximum absolute atomic E-state index is 12.4. The van der Waals surface area contributed by atoms with Crippen molar-refractivity contribution in [1.82, 2.24) is 39.9 Å². The van der Waals surface area contributed by atoms with Crippen molar-refractivity contribution in [1.29, 1.82) is 0 Å². The van der Waals surface area contributed by atoms with Gasteiger partial charge in [-0.2, -0.15) is 0 Å². The van der Waals surface area contributed by atoms with Crippen LogP contribution in [0.1, 0.15) is 0 Å². The van der Waals surface area contributed by atoms with E-state index in [1.807, 2.05) is 0 Å². The van der Waals surface area contributed by atoms with Gasteiger partial charge in [0.15, 0.2) is 0 Å². The maximum atomic E-state index is 12.4. The summed E-state index contributed by atoms with van der Waals surface area (Å²) >= 11 is 0. The van der Waals surface area contributed by atoms with Crippen LogP contribution in [0.2, 0.25) is 0 Å². The Morgan fingerprint density at radius 3 is 1.08 bits per heavy atom. The molecule has 3 aromatic heterocycles. The van der Waals surface area contributed by atoms with Gasteiger partial charge in [0.05, 0.1) is 33.1 Å². The number of benzene rings is 4. The fourth-order valence-electron chi connectivity index (χ4n) is 6.01. The fourth-order valence-corrected chi connectivity index (χ4v) is 7.40. The van der Waals surface area contributed by atoms with Crippen LogP contribution >= 0.6 is 0 Å². The Labute approximate surface area is 333 Å². The van der Waals surface area contributed by atoms with E-state index < -0.39 is 30.0 Å². The number of hydrogen-bond acceptors (Lipinski definition) is 12. The molecule has 9 rings (SSSR count). The standard InChI is InChI=1S/C32H16N8O6S2.Ba.Cu/c41-47(42,43)21-13-5-11-19-23(21)32-38-28-18-10-4-2-8-16(18)26(34-28)36-30-20-12-6-14-22(48(44,45)46)24(20)31(40-30)37-27-17-9-3-1-7-15(17)25(33-27)35-29(19)39-32;;/h1-14H,(H2-2,33,34,35,36,37,38,39,40,41,42,43,44,45,46);;/q-2;2*+2/p-2. The van der Waals surface area contributed by atoms with Gasteiger partial charge in [0.2, 0.25) is 0 Å². The molecule has 18 heteroatoms. The molecule has 8 bridgehead atoms. The predicted molar refractivity (Wildman–Crippen MR) is 176 cm³/mol. The molecule has 1 radical (unpaired) electrons.